The summed E-state index contributed by atoms with van der Waals surface area (Å²) < 4.78 is 12.8. The van der Waals surface area contributed by atoms with E-state index in [0.717, 1.165) is 54.6 Å². The zero-order valence-electron chi connectivity index (χ0n) is 29.1. The van der Waals surface area contributed by atoms with Crippen LogP contribution in [0, 0.1) is 0 Å². The van der Waals surface area contributed by atoms with E-state index >= 15 is 0 Å². The fourth-order valence-corrected chi connectivity index (χ4v) is 8.89. The van der Waals surface area contributed by atoms with E-state index in [9.17, 15) is 0 Å². The van der Waals surface area contributed by atoms with E-state index in [2.05, 4.69) is 170 Å². The van der Waals surface area contributed by atoms with E-state index < -0.39 is 0 Å². The topological polar surface area (TPSA) is 26.3 Å². The Labute approximate surface area is 310 Å². The molecule has 250 valence electrons. The van der Waals surface area contributed by atoms with Crippen molar-refractivity contribution in [1.29, 1.82) is 0 Å². The third-order valence-electron chi connectivity index (χ3n) is 11.4. The Kier molecular flexibility index (Phi) is 6.09. The summed E-state index contributed by atoms with van der Waals surface area (Å²) in [6.45, 7) is 0. The maximum atomic E-state index is 6.58. The fraction of sp³-hybridized carbons (Fsp3) is 0. The van der Waals surface area contributed by atoms with Crippen molar-refractivity contribution in [2.75, 3.05) is 0 Å². The van der Waals surface area contributed by atoms with Gasteiger partial charge < -0.3 is 8.83 Å². The first-order chi connectivity index (χ1) is 26.7. The molecule has 0 amide bonds. The van der Waals surface area contributed by atoms with Crippen LogP contribution in [0.15, 0.2) is 191 Å². The monoisotopic (exact) mass is 686 g/mol. The molecule has 0 saturated carbocycles. The van der Waals surface area contributed by atoms with Gasteiger partial charge in [0.1, 0.15) is 22.3 Å². The van der Waals surface area contributed by atoms with Crippen molar-refractivity contribution in [2.24, 2.45) is 0 Å². The van der Waals surface area contributed by atoms with Crippen LogP contribution < -0.4 is 0 Å². The SMILES string of the molecule is c1ccc(-c2c3ccccc3c(-c3ccc4cc(-c5ccc6oc7c8cc9c(cc8ccc7c6c5)oc5ccccc59)ccc4c3)c3ccccc23)cc1. The standard InChI is InChI=1S/C52H30O2/c1-2-10-31(11-3-1)50-39-13-4-6-15-41(39)51(42-16-7-5-14-40(42)50)37-21-20-32-26-33(18-19-34(32)27-37)35-23-25-48-45(28-35)43-24-22-36-29-49-46(30-44(36)52(43)54-48)38-12-8-9-17-47(38)53-49/h1-30H. The number of rotatable bonds is 3. The first-order valence-corrected chi connectivity index (χ1v) is 18.5. The molecule has 2 heteroatoms. The van der Waals surface area contributed by atoms with E-state index in [-0.39, 0.29) is 0 Å². The molecule has 0 saturated heterocycles. The second-order valence-corrected chi connectivity index (χ2v) is 14.4. The molecule has 0 unspecified atom stereocenters. The minimum absolute atomic E-state index is 0.890. The van der Waals surface area contributed by atoms with Gasteiger partial charge in [0.15, 0.2) is 0 Å². The van der Waals surface area contributed by atoms with Gasteiger partial charge in [-0.25, -0.2) is 0 Å². The first-order valence-electron chi connectivity index (χ1n) is 18.5. The number of hydrogen-bond donors (Lipinski definition) is 0. The van der Waals surface area contributed by atoms with Crippen LogP contribution >= 0.6 is 0 Å². The first kappa shape index (κ1) is 29.4. The van der Waals surface area contributed by atoms with Crippen LogP contribution in [0.1, 0.15) is 0 Å². The number of para-hydroxylation sites is 1. The second-order valence-electron chi connectivity index (χ2n) is 14.4. The van der Waals surface area contributed by atoms with Gasteiger partial charge >= 0.3 is 0 Å². The van der Waals surface area contributed by atoms with Crippen molar-refractivity contribution in [3.63, 3.8) is 0 Å². The average Bonchev–Trinajstić information content (AvgIpc) is 3.79. The smallest absolute Gasteiger partial charge is 0.143 e. The van der Waals surface area contributed by atoms with Gasteiger partial charge in [-0.2, -0.15) is 0 Å². The lowest BCUT2D eigenvalue weighted by Crippen LogP contribution is -1.90. The van der Waals surface area contributed by atoms with Crippen LogP contribution in [0.2, 0.25) is 0 Å². The van der Waals surface area contributed by atoms with Crippen molar-refractivity contribution in [2.45, 2.75) is 0 Å². The van der Waals surface area contributed by atoms with E-state index in [1.54, 1.807) is 0 Å². The van der Waals surface area contributed by atoms with E-state index in [1.807, 2.05) is 12.1 Å². The molecule has 0 bridgehead atoms. The Bertz CT molecular complexity index is 3430. The van der Waals surface area contributed by atoms with Crippen molar-refractivity contribution in [3.05, 3.63) is 182 Å². The Balaban J connectivity index is 0.979. The molecule has 0 aliphatic rings. The highest BCUT2D eigenvalue weighted by atomic mass is 16.3. The van der Waals surface area contributed by atoms with Gasteiger partial charge in [-0.3, -0.25) is 0 Å². The van der Waals surface area contributed by atoms with Crippen LogP contribution in [0.4, 0.5) is 0 Å². The summed E-state index contributed by atoms with van der Waals surface area (Å²) in [7, 11) is 0. The fourth-order valence-electron chi connectivity index (χ4n) is 8.89. The minimum atomic E-state index is 0.890. The zero-order valence-corrected chi connectivity index (χ0v) is 29.1. The molecule has 2 nitrogen and oxygen atoms in total. The maximum Gasteiger partial charge on any atom is 0.143 e. The molecular formula is C52H30O2. The van der Waals surface area contributed by atoms with Gasteiger partial charge in [0.25, 0.3) is 0 Å². The summed E-state index contributed by atoms with van der Waals surface area (Å²) in [6.07, 6.45) is 0. The molecule has 12 aromatic rings. The van der Waals surface area contributed by atoms with Crippen LogP contribution in [0.25, 0.3) is 120 Å². The highest BCUT2D eigenvalue weighted by Crippen LogP contribution is 2.45. The highest BCUT2D eigenvalue weighted by Gasteiger charge is 2.18. The average molecular weight is 687 g/mol. The number of benzene rings is 10. The van der Waals surface area contributed by atoms with Crippen LogP contribution in [0.3, 0.4) is 0 Å². The van der Waals surface area contributed by atoms with E-state index in [0.29, 0.717) is 0 Å². The lowest BCUT2D eigenvalue weighted by atomic mass is 9.85. The Morgan fingerprint density at radius 1 is 0.241 bits per heavy atom. The van der Waals surface area contributed by atoms with Crippen molar-refractivity contribution >= 4 is 87.0 Å². The summed E-state index contributed by atoms with van der Waals surface area (Å²) in [5, 5.41) is 14.2. The molecule has 12 rings (SSSR count). The molecule has 0 radical (unpaired) electrons. The second kappa shape index (κ2) is 11.2. The molecule has 0 atom stereocenters. The summed E-state index contributed by atoms with van der Waals surface area (Å²) in [6, 6.07) is 65.8. The summed E-state index contributed by atoms with van der Waals surface area (Å²) in [5.41, 5.74) is 11.0. The largest absolute Gasteiger partial charge is 0.456 e. The molecule has 10 aromatic carbocycles. The van der Waals surface area contributed by atoms with Gasteiger partial charge in [0, 0.05) is 26.9 Å². The Morgan fingerprint density at radius 3 is 1.52 bits per heavy atom. The number of furan rings is 2. The molecular weight excluding hydrogens is 657 g/mol. The summed E-state index contributed by atoms with van der Waals surface area (Å²) >= 11 is 0. The normalized spacial score (nSPS) is 12.1. The van der Waals surface area contributed by atoms with Crippen LogP contribution in [0.5, 0.6) is 0 Å². The molecule has 0 aliphatic heterocycles. The van der Waals surface area contributed by atoms with Crippen molar-refractivity contribution in [1.82, 2.24) is 0 Å². The highest BCUT2D eigenvalue weighted by molar-refractivity contribution is 6.22. The number of hydrogen-bond acceptors (Lipinski definition) is 2. The van der Waals surface area contributed by atoms with Gasteiger partial charge in [0.05, 0.1) is 0 Å². The number of fused-ring (bicyclic) bond motifs is 11. The van der Waals surface area contributed by atoms with Gasteiger partial charge in [-0.05, 0) is 120 Å². The minimum Gasteiger partial charge on any atom is -0.456 e. The molecule has 0 N–H and O–H groups in total. The quantitative estimate of drug-likeness (QED) is 0.173. The van der Waals surface area contributed by atoms with Gasteiger partial charge in [0.2, 0.25) is 0 Å². The van der Waals surface area contributed by atoms with Crippen LogP contribution in [-0.4, -0.2) is 0 Å². The van der Waals surface area contributed by atoms with Gasteiger partial charge in [-0.15, -0.1) is 0 Å². The third kappa shape index (κ3) is 4.28. The predicted octanol–water partition coefficient (Wildman–Crippen LogP) is 15.1. The predicted molar refractivity (Wildman–Crippen MR) is 227 cm³/mol. The molecule has 2 aromatic heterocycles. The van der Waals surface area contributed by atoms with Crippen molar-refractivity contribution < 1.29 is 8.83 Å². The lowest BCUT2D eigenvalue weighted by Gasteiger charge is -2.18. The lowest BCUT2D eigenvalue weighted by molar-refractivity contribution is 0.669. The Hall–Kier alpha value is -7.16. The van der Waals surface area contributed by atoms with Crippen LogP contribution in [-0.2, 0) is 0 Å². The summed E-state index contributed by atoms with van der Waals surface area (Å²) in [5.74, 6) is 0. The molecule has 0 spiro atoms. The van der Waals surface area contributed by atoms with Gasteiger partial charge in [-0.1, -0.05) is 133 Å². The summed E-state index contributed by atoms with van der Waals surface area (Å²) in [4.78, 5) is 0. The Morgan fingerprint density at radius 2 is 0.778 bits per heavy atom. The zero-order chi connectivity index (χ0) is 35.3. The maximum absolute atomic E-state index is 6.58. The molecule has 2 heterocycles. The third-order valence-corrected chi connectivity index (χ3v) is 11.4. The van der Waals surface area contributed by atoms with E-state index in [4.69, 9.17) is 8.83 Å². The molecule has 54 heavy (non-hydrogen) atoms. The van der Waals surface area contributed by atoms with E-state index in [1.165, 1.54) is 65.7 Å². The molecule has 0 fully saturated rings. The van der Waals surface area contributed by atoms with Crippen molar-refractivity contribution in [3.8, 4) is 33.4 Å². The molecule has 0 aliphatic carbocycles.